The number of nitrogens with one attached hydrogen (secondary N) is 1. The number of hydrogen-bond donors (Lipinski definition) is 1. The Morgan fingerprint density at radius 2 is 1.72 bits per heavy atom. The van der Waals surface area contributed by atoms with Crippen LogP contribution in [0.5, 0.6) is 5.75 Å². The molecule has 7 heteroatoms. The molecule has 1 spiro atoms. The van der Waals surface area contributed by atoms with Gasteiger partial charge < -0.3 is 14.6 Å². The highest BCUT2D eigenvalue weighted by Crippen LogP contribution is 2.33. The quantitative estimate of drug-likeness (QED) is 0.539. The van der Waals surface area contributed by atoms with E-state index in [0.717, 1.165) is 53.4 Å². The van der Waals surface area contributed by atoms with Gasteiger partial charge in [0.25, 0.3) is 5.91 Å². The Morgan fingerprint density at radius 3 is 2.34 bits per heavy atom. The maximum Gasteiger partial charge on any atom is 0.325 e. The van der Waals surface area contributed by atoms with E-state index in [-0.39, 0.29) is 18.2 Å². The summed E-state index contributed by atoms with van der Waals surface area (Å²) >= 11 is 0. The highest BCUT2D eigenvalue weighted by atomic mass is 16.5. The van der Waals surface area contributed by atoms with Gasteiger partial charge in [-0.05, 0) is 63.9 Å². The van der Waals surface area contributed by atoms with Crippen LogP contribution in [0.25, 0.3) is 5.69 Å². The number of benzene rings is 1. The Hall–Kier alpha value is -3.09. The van der Waals surface area contributed by atoms with Crippen molar-refractivity contribution in [1.82, 2.24) is 14.8 Å². The van der Waals surface area contributed by atoms with Crippen molar-refractivity contribution >= 4 is 17.7 Å². The van der Waals surface area contributed by atoms with Gasteiger partial charge in [0, 0.05) is 22.6 Å². The van der Waals surface area contributed by atoms with E-state index in [1.807, 2.05) is 55.7 Å². The van der Waals surface area contributed by atoms with Crippen LogP contribution >= 0.6 is 0 Å². The van der Waals surface area contributed by atoms with Crippen molar-refractivity contribution in [3.8, 4) is 11.4 Å². The topological polar surface area (TPSA) is 80.6 Å². The lowest BCUT2D eigenvalue weighted by atomic mass is 9.90. The number of carbonyl (C=O) groups excluding carboxylic acids is 3. The van der Waals surface area contributed by atoms with Gasteiger partial charge in [-0.1, -0.05) is 25.7 Å². The molecule has 1 saturated heterocycles. The minimum atomic E-state index is -0.826. The van der Waals surface area contributed by atoms with Crippen molar-refractivity contribution in [3.63, 3.8) is 0 Å². The summed E-state index contributed by atoms with van der Waals surface area (Å²) in [5.74, 6) is 0.309. The Kier molecular flexibility index (Phi) is 6.09. The van der Waals surface area contributed by atoms with Crippen LogP contribution < -0.4 is 10.1 Å². The second-order valence-electron chi connectivity index (χ2n) is 8.79. The largest absolute Gasteiger partial charge is 0.494 e. The standard InChI is InChI=1S/C25H31N3O4/c1-4-32-20-11-9-19(10-12-20)28-17(2)15-21(18(28)3)22(29)16-27-23(30)25(26-24(27)31)13-7-5-6-8-14-25/h9-12,15H,4-8,13-14,16H2,1-3H3,(H,26,31). The molecule has 7 nitrogen and oxygen atoms in total. The number of Topliss-reactive ketones (excluding diaryl/α,β-unsaturated/α-hetero) is 1. The van der Waals surface area contributed by atoms with E-state index in [4.69, 9.17) is 4.74 Å². The Morgan fingerprint density at radius 1 is 1.06 bits per heavy atom. The fourth-order valence-electron chi connectivity index (χ4n) is 5.02. The molecule has 3 amide bonds. The van der Waals surface area contributed by atoms with E-state index >= 15 is 0 Å². The third kappa shape index (κ3) is 3.92. The molecule has 0 radical (unpaired) electrons. The molecule has 0 atom stereocenters. The molecule has 2 aliphatic rings. The molecule has 1 aromatic carbocycles. The Bertz CT molecular complexity index is 1030. The van der Waals surface area contributed by atoms with Crippen LogP contribution in [0.3, 0.4) is 0 Å². The Balaban J connectivity index is 1.55. The van der Waals surface area contributed by atoms with Crippen LogP contribution in [0.1, 0.15) is 67.2 Å². The van der Waals surface area contributed by atoms with Gasteiger partial charge in [-0.25, -0.2) is 4.79 Å². The molecular formula is C25H31N3O4. The lowest BCUT2D eigenvalue weighted by molar-refractivity contribution is -0.131. The van der Waals surface area contributed by atoms with E-state index in [0.29, 0.717) is 25.0 Å². The molecule has 2 aromatic rings. The van der Waals surface area contributed by atoms with Gasteiger partial charge in [-0.3, -0.25) is 14.5 Å². The monoisotopic (exact) mass is 437 g/mol. The minimum Gasteiger partial charge on any atom is -0.494 e. The number of rotatable bonds is 6. The second-order valence-corrected chi connectivity index (χ2v) is 8.79. The SMILES string of the molecule is CCOc1ccc(-n2c(C)cc(C(=O)CN3C(=O)NC4(CCCCCC4)C3=O)c2C)cc1. The first-order valence-electron chi connectivity index (χ1n) is 11.5. The number of hydrogen-bond acceptors (Lipinski definition) is 4. The predicted octanol–water partition coefficient (Wildman–Crippen LogP) is 4.32. The third-order valence-electron chi connectivity index (χ3n) is 6.64. The predicted molar refractivity (Wildman–Crippen MR) is 121 cm³/mol. The number of urea groups is 1. The van der Waals surface area contributed by atoms with Gasteiger partial charge in [0.05, 0.1) is 13.2 Å². The number of nitrogens with zero attached hydrogens (tertiary/aromatic N) is 2. The maximum atomic E-state index is 13.2. The zero-order valence-electron chi connectivity index (χ0n) is 19.1. The number of aromatic nitrogens is 1. The van der Waals surface area contributed by atoms with Crippen LogP contribution in [-0.2, 0) is 4.79 Å². The molecule has 2 fully saturated rings. The van der Waals surface area contributed by atoms with Crippen molar-refractivity contribution in [2.24, 2.45) is 0 Å². The van der Waals surface area contributed by atoms with E-state index in [9.17, 15) is 14.4 Å². The zero-order chi connectivity index (χ0) is 22.9. The fraction of sp³-hybridized carbons (Fsp3) is 0.480. The summed E-state index contributed by atoms with van der Waals surface area (Å²) in [7, 11) is 0. The van der Waals surface area contributed by atoms with E-state index in [1.165, 1.54) is 0 Å². The normalized spacial score (nSPS) is 18.0. The molecular weight excluding hydrogens is 406 g/mol. The first-order valence-corrected chi connectivity index (χ1v) is 11.5. The molecule has 4 rings (SSSR count). The number of ketones is 1. The molecule has 1 N–H and O–H groups in total. The fourth-order valence-corrected chi connectivity index (χ4v) is 5.02. The summed E-state index contributed by atoms with van der Waals surface area (Å²) < 4.78 is 7.51. The van der Waals surface area contributed by atoms with Crippen LogP contribution in [0.4, 0.5) is 4.79 Å². The number of carbonyl (C=O) groups is 3. The third-order valence-corrected chi connectivity index (χ3v) is 6.64. The second kappa shape index (κ2) is 8.81. The average Bonchev–Trinajstić information content (AvgIpc) is 3.05. The van der Waals surface area contributed by atoms with Crippen molar-refractivity contribution in [2.75, 3.05) is 13.2 Å². The molecule has 2 heterocycles. The lowest BCUT2D eigenvalue weighted by Crippen LogP contribution is -2.46. The minimum absolute atomic E-state index is 0.232. The highest BCUT2D eigenvalue weighted by molar-refractivity contribution is 6.11. The summed E-state index contributed by atoms with van der Waals surface area (Å²) in [5.41, 5.74) is 2.32. The molecule has 170 valence electrons. The highest BCUT2D eigenvalue weighted by Gasteiger charge is 2.51. The van der Waals surface area contributed by atoms with Crippen molar-refractivity contribution < 1.29 is 19.1 Å². The van der Waals surface area contributed by atoms with Gasteiger partial charge in [0.2, 0.25) is 0 Å². The average molecular weight is 438 g/mol. The summed E-state index contributed by atoms with van der Waals surface area (Å²) in [6, 6.07) is 9.08. The van der Waals surface area contributed by atoms with Crippen molar-refractivity contribution in [2.45, 2.75) is 64.8 Å². The number of ether oxygens (including phenoxy) is 1. The van der Waals surface area contributed by atoms with Gasteiger partial charge in [-0.2, -0.15) is 0 Å². The number of aryl methyl sites for hydroxylation is 1. The molecule has 1 aliphatic carbocycles. The molecule has 0 bridgehead atoms. The van der Waals surface area contributed by atoms with Crippen LogP contribution in [0.2, 0.25) is 0 Å². The maximum absolute atomic E-state index is 13.2. The Labute approximate surface area is 188 Å². The van der Waals surface area contributed by atoms with E-state index < -0.39 is 11.6 Å². The van der Waals surface area contributed by atoms with Gasteiger partial charge >= 0.3 is 6.03 Å². The van der Waals surface area contributed by atoms with E-state index in [2.05, 4.69) is 5.32 Å². The van der Waals surface area contributed by atoms with Crippen molar-refractivity contribution in [3.05, 3.63) is 47.3 Å². The van der Waals surface area contributed by atoms with Gasteiger partial charge in [0.15, 0.2) is 5.78 Å². The smallest absolute Gasteiger partial charge is 0.325 e. The molecule has 1 saturated carbocycles. The first-order chi connectivity index (χ1) is 15.4. The molecule has 1 aromatic heterocycles. The number of imide groups is 1. The summed E-state index contributed by atoms with van der Waals surface area (Å²) in [4.78, 5) is 40.1. The van der Waals surface area contributed by atoms with Gasteiger partial charge in [-0.15, -0.1) is 0 Å². The van der Waals surface area contributed by atoms with Crippen LogP contribution in [0, 0.1) is 13.8 Å². The van der Waals surface area contributed by atoms with Crippen molar-refractivity contribution in [1.29, 1.82) is 0 Å². The lowest BCUT2D eigenvalue weighted by Gasteiger charge is -2.24. The van der Waals surface area contributed by atoms with E-state index in [1.54, 1.807) is 0 Å². The summed E-state index contributed by atoms with van der Waals surface area (Å²) in [6.07, 6.45) is 5.26. The van der Waals surface area contributed by atoms with Gasteiger partial charge in [0.1, 0.15) is 11.3 Å². The first kappa shape index (κ1) is 22.1. The van der Waals surface area contributed by atoms with Crippen LogP contribution in [-0.4, -0.2) is 45.9 Å². The molecule has 32 heavy (non-hydrogen) atoms. The zero-order valence-corrected chi connectivity index (χ0v) is 19.1. The summed E-state index contributed by atoms with van der Waals surface area (Å²) in [6.45, 7) is 6.13. The summed E-state index contributed by atoms with van der Waals surface area (Å²) in [5, 5.41) is 2.91. The van der Waals surface area contributed by atoms with Crippen LogP contribution in [0.15, 0.2) is 30.3 Å². The molecule has 0 unspecified atom stereocenters. The number of amides is 3. The molecule has 1 aliphatic heterocycles.